The van der Waals surface area contributed by atoms with Gasteiger partial charge in [-0.2, -0.15) is 5.10 Å². The smallest absolute Gasteiger partial charge is 0.0540 e. The molecule has 3 atom stereocenters. The lowest BCUT2D eigenvalue weighted by Crippen LogP contribution is -2.45. The Labute approximate surface area is 116 Å². The molecule has 3 rings (SSSR count). The van der Waals surface area contributed by atoms with Crippen molar-refractivity contribution in [3.05, 3.63) is 17.5 Å². The highest BCUT2D eigenvalue weighted by Gasteiger charge is 2.36. The molecule has 0 aromatic carbocycles. The van der Waals surface area contributed by atoms with Gasteiger partial charge in [0.1, 0.15) is 0 Å². The fourth-order valence-corrected chi connectivity index (χ4v) is 3.79. The Bertz CT molecular complexity index is 439. The van der Waals surface area contributed by atoms with Crippen LogP contribution in [0.4, 0.5) is 0 Å². The van der Waals surface area contributed by atoms with E-state index in [9.17, 15) is 0 Å². The second-order valence-corrected chi connectivity index (χ2v) is 6.19. The number of aryl methyl sites for hydroxylation is 1. The lowest BCUT2D eigenvalue weighted by molar-refractivity contribution is 0.177. The van der Waals surface area contributed by atoms with E-state index in [-0.39, 0.29) is 0 Å². The molecule has 3 unspecified atom stereocenters. The third-order valence-corrected chi connectivity index (χ3v) is 5.06. The highest BCUT2D eigenvalue weighted by atomic mass is 15.3. The molecule has 0 aliphatic carbocycles. The van der Waals surface area contributed by atoms with Crippen LogP contribution < -0.4 is 5.32 Å². The molecular formula is C15H26N4. The summed E-state index contributed by atoms with van der Waals surface area (Å²) in [6.45, 7) is 7.02. The first-order chi connectivity index (χ1) is 9.16. The molecule has 1 aromatic heterocycles. The maximum Gasteiger partial charge on any atom is 0.0540 e. The first-order valence-electron chi connectivity index (χ1n) is 7.65. The Hall–Kier alpha value is -0.870. The largest absolute Gasteiger partial charge is 0.306 e. The van der Waals surface area contributed by atoms with Crippen LogP contribution in [0.2, 0.25) is 0 Å². The molecule has 1 N–H and O–H groups in total. The summed E-state index contributed by atoms with van der Waals surface area (Å²) in [5, 5.41) is 8.21. The summed E-state index contributed by atoms with van der Waals surface area (Å²) in [4.78, 5) is 2.68. The summed E-state index contributed by atoms with van der Waals surface area (Å²) in [5.74, 6) is 0. The van der Waals surface area contributed by atoms with Gasteiger partial charge in [-0.1, -0.05) is 6.42 Å². The van der Waals surface area contributed by atoms with E-state index in [0.29, 0.717) is 12.1 Å². The molecule has 4 heteroatoms. The molecule has 2 saturated heterocycles. The number of nitrogens with one attached hydrogen (secondary N) is 1. The first kappa shape index (κ1) is 13.1. The van der Waals surface area contributed by atoms with Crippen LogP contribution in [-0.2, 0) is 7.05 Å². The molecule has 0 amide bonds. The monoisotopic (exact) mass is 262 g/mol. The molecule has 19 heavy (non-hydrogen) atoms. The molecular weight excluding hydrogens is 236 g/mol. The molecule has 4 nitrogen and oxygen atoms in total. The van der Waals surface area contributed by atoms with E-state index in [1.807, 2.05) is 17.9 Å². The highest BCUT2D eigenvalue weighted by molar-refractivity contribution is 5.20. The van der Waals surface area contributed by atoms with Gasteiger partial charge in [0.2, 0.25) is 0 Å². The van der Waals surface area contributed by atoms with Crippen LogP contribution >= 0.6 is 0 Å². The predicted molar refractivity (Wildman–Crippen MR) is 77.1 cm³/mol. The zero-order chi connectivity index (χ0) is 13.4. The van der Waals surface area contributed by atoms with Crippen molar-refractivity contribution in [3.63, 3.8) is 0 Å². The van der Waals surface area contributed by atoms with Crippen LogP contribution in [0.15, 0.2) is 6.20 Å². The van der Waals surface area contributed by atoms with Crippen molar-refractivity contribution in [3.8, 4) is 0 Å². The van der Waals surface area contributed by atoms with Crippen LogP contribution in [0, 0.1) is 6.92 Å². The van der Waals surface area contributed by atoms with Gasteiger partial charge in [0.05, 0.1) is 6.20 Å². The minimum atomic E-state index is 0.403. The molecule has 2 fully saturated rings. The molecule has 106 valence electrons. The van der Waals surface area contributed by atoms with E-state index in [0.717, 1.165) is 6.04 Å². The first-order valence-corrected chi connectivity index (χ1v) is 7.65. The molecule has 0 saturated carbocycles. The van der Waals surface area contributed by atoms with Gasteiger partial charge in [-0.3, -0.25) is 9.58 Å². The second-order valence-electron chi connectivity index (χ2n) is 6.19. The number of nitrogens with zero attached hydrogens (tertiary/aromatic N) is 3. The average Bonchev–Trinajstić information content (AvgIpc) is 2.96. The quantitative estimate of drug-likeness (QED) is 0.904. The van der Waals surface area contributed by atoms with E-state index in [1.165, 1.54) is 50.0 Å². The molecule has 1 aromatic rings. The number of hydrogen-bond donors (Lipinski definition) is 1. The standard InChI is InChI=1S/C15H26N4/c1-11(13-10-16-18(3)12(13)2)17-14-7-9-19-8-5-4-6-15(14)19/h10-11,14-15,17H,4-9H2,1-3H3. The zero-order valence-corrected chi connectivity index (χ0v) is 12.4. The van der Waals surface area contributed by atoms with Crippen LogP contribution in [0.25, 0.3) is 0 Å². The van der Waals surface area contributed by atoms with Crippen LogP contribution in [0.1, 0.15) is 49.9 Å². The van der Waals surface area contributed by atoms with Crippen molar-refractivity contribution < 1.29 is 0 Å². The Morgan fingerprint density at radius 3 is 2.89 bits per heavy atom. The Kier molecular flexibility index (Phi) is 3.63. The van der Waals surface area contributed by atoms with Crippen molar-refractivity contribution >= 4 is 0 Å². The second kappa shape index (κ2) is 5.25. The fourth-order valence-electron chi connectivity index (χ4n) is 3.79. The molecule has 3 heterocycles. The van der Waals surface area contributed by atoms with Gasteiger partial charge in [-0.15, -0.1) is 0 Å². The van der Waals surface area contributed by atoms with E-state index < -0.39 is 0 Å². The Morgan fingerprint density at radius 1 is 1.32 bits per heavy atom. The average molecular weight is 262 g/mol. The van der Waals surface area contributed by atoms with Gasteiger partial charge >= 0.3 is 0 Å². The predicted octanol–water partition coefficient (Wildman–Crippen LogP) is 2.01. The minimum Gasteiger partial charge on any atom is -0.306 e. The third kappa shape index (κ3) is 2.43. The zero-order valence-electron chi connectivity index (χ0n) is 12.4. The van der Waals surface area contributed by atoms with Crippen LogP contribution in [-0.4, -0.2) is 39.9 Å². The van der Waals surface area contributed by atoms with Crippen molar-refractivity contribution in [1.29, 1.82) is 0 Å². The summed E-state index contributed by atoms with van der Waals surface area (Å²) < 4.78 is 1.97. The maximum absolute atomic E-state index is 4.36. The lowest BCUT2D eigenvalue weighted by Gasteiger charge is -2.33. The molecule has 2 aliphatic rings. The van der Waals surface area contributed by atoms with Gasteiger partial charge in [0.25, 0.3) is 0 Å². The van der Waals surface area contributed by atoms with E-state index >= 15 is 0 Å². The SMILES string of the molecule is Cc1c(C(C)NC2CCN3CCCCC23)cnn1C. The lowest BCUT2D eigenvalue weighted by atomic mass is 9.97. The number of hydrogen-bond acceptors (Lipinski definition) is 3. The molecule has 0 radical (unpaired) electrons. The van der Waals surface area contributed by atoms with Gasteiger partial charge in [-0.05, 0) is 39.7 Å². The fraction of sp³-hybridized carbons (Fsp3) is 0.800. The maximum atomic E-state index is 4.36. The van der Waals surface area contributed by atoms with Crippen molar-refractivity contribution in [1.82, 2.24) is 20.0 Å². The summed E-state index contributed by atoms with van der Waals surface area (Å²) in [6, 6.07) is 1.84. The van der Waals surface area contributed by atoms with Crippen molar-refractivity contribution in [2.24, 2.45) is 7.05 Å². The number of aromatic nitrogens is 2. The number of piperidine rings is 1. The van der Waals surface area contributed by atoms with Gasteiger partial charge < -0.3 is 5.32 Å². The summed E-state index contributed by atoms with van der Waals surface area (Å²) >= 11 is 0. The van der Waals surface area contributed by atoms with Crippen molar-refractivity contribution in [2.75, 3.05) is 13.1 Å². The van der Waals surface area contributed by atoms with Gasteiger partial charge in [0, 0.05) is 43.0 Å². The Balaban J connectivity index is 1.66. The van der Waals surface area contributed by atoms with Crippen LogP contribution in [0.5, 0.6) is 0 Å². The van der Waals surface area contributed by atoms with Gasteiger partial charge in [-0.25, -0.2) is 0 Å². The minimum absolute atomic E-state index is 0.403. The van der Waals surface area contributed by atoms with Gasteiger partial charge in [0.15, 0.2) is 0 Å². The number of fused-ring (bicyclic) bond motifs is 1. The van der Waals surface area contributed by atoms with E-state index in [1.54, 1.807) is 0 Å². The van der Waals surface area contributed by atoms with Crippen molar-refractivity contribution in [2.45, 2.75) is 57.7 Å². The highest BCUT2D eigenvalue weighted by Crippen LogP contribution is 2.29. The summed E-state index contributed by atoms with van der Waals surface area (Å²) in [7, 11) is 2.02. The number of rotatable bonds is 3. The third-order valence-electron chi connectivity index (χ3n) is 5.06. The molecule has 2 aliphatic heterocycles. The van der Waals surface area contributed by atoms with E-state index in [4.69, 9.17) is 0 Å². The summed E-state index contributed by atoms with van der Waals surface area (Å²) in [6.07, 6.45) is 7.48. The molecule has 0 bridgehead atoms. The normalized spacial score (nSPS) is 29.4. The summed E-state index contributed by atoms with van der Waals surface area (Å²) in [5.41, 5.74) is 2.62. The topological polar surface area (TPSA) is 33.1 Å². The molecule has 0 spiro atoms. The van der Waals surface area contributed by atoms with E-state index in [2.05, 4.69) is 29.2 Å². The Morgan fingerprint density at radius 2 is 2.16 bits per heavy atom. The van der Waals surface area contributed by atoms with Crippen LogP contribution in [0.3, 0.4) is 0 Å².